The highest BCUT2D eigenvalue weighted by Gasteiger charge is 2.26. The summed E-state index contributed by atoms with van der Waals surface area (Å²) in [6, 6.07) is 0. The summed E-state index contributed by atoms with van der Waals surface area (Å²) in [5.41, 5.74) is 9.05. The van der Waals surface area contributed by atoms with Gasteiger partial charge in [-0.05, 0) is 37.8 Å². The van der Waals surface area contributed by atoms with E-state index in [-0.39, 0.29) is 17.7 Å². The molecule has 0 radical (unpaired) electrons. The van der Waals surface area contributed by atoms with Crippen LogP contribution in [0.4, 0.5) is 0 Å². The van der Waals surface area contributed by atoms with Crippen molar-refractivity contribution in [3.05, 3.63) is 44.8 Å². The topological polar surface area (TPSA) is 87.8 Å². The summed E-state index contributed by atoms with van der Waals surface area (Å²) < 4.78 is 0. The molecule has 7 heteroatoms. The zero-order valence-corrected chi connectivity index (χ0v) is 17.4. The molecule has 0 fully saturated rings. The first-order chi connectivity index (χ1) is 12.8. The van der Waals surface area contributed by atoms with Crippen molar-refractivity contribution >= 4 is 29.0 Å². The number of aliphatic imine (C=N–C) groups is 1. The number of fused-ring (bicyclic) bond motifs is 1. The number of amidine groups is 1. The number of nitrogens with one attached hydrogen (secondary N) is 1. The maximum atomic E-state index is 12.7. The minimum atomic E-state index is -0.190. The molecule has 2 amide bonds. The Labute approximate surface area is 164 Å². The molecule has 0 saturated heterocycles. The number of carbonyl (C=O) groups is 2. The number of carbonyl (C=O) groups excluding carboxylic acids is 2. The van der Waals surface area contributed by atoms with E-state index in [1.54, 1.807) is 13.1 Å². The summed E-state index contributed by atoms with van der Waals surface area (Å²) in [6.07, 6.45) is 4.20. The van der Waals surface area contributed by atoms with Crippen molar-refractivity contribution in [1.29, 1.82) is 0 Å². The van der Waals surface area contributed by atoms with Gasteiger partial charge in [0, 0.05) is 35.1 Å². The van der Waals surface area contributed by atoms with Gasteiger partial charge in [-0.3, -0.25) is 14.6 Å². The molecule has 2 heterocycles. The van der Waals surface area contributed by atoms with Gasteiger partial charge in [-0.15, -0.1) is 11.3 Å². The van der Waals surface area contributed by atoms with Gasteiger partial charge in [-0.1, -0.05) is 19.9 Å². The van der Waals surface area contributed by atoms with Crippen molar-refractivity contribution in [2.24, 2.45) is 16.6 Å². The molecule has 1 aliphatic rings. The standard InChI is InChI=1S/C20H28N4O2S/c1-6-13(4)20(26)24-8-7-14-15(11-27-17(14)10-24)19(25)23-18(22-5)9-16(21)12(2)3/h6,9,11-12H,7-8,10,21H2,1-5H3,(H,22,23,25)/b13-6+,16-9-. The average molecular weight is 389 g/mol. The lowest BCUT2D eigenvalue weighted by Crippen LogP contribution is -2.37. The number of allylic oxidation sites excluding steroid dienone is 2. The molecule has 1 aromatic rings. The van der Waals surface area contributed by atoms with Crippen molar-refractivity contribution in [3.8, 4) is 0 Å². The summed E-state index contributed by atoms with van der Waals surface area (Å²) in [7, 11) is 1.62. The molecule has 27 heavy (non-hydrogen) atoms. The Balaban J connectivity index is 2.15. The molecular formula is C20H28N4O2S. The predicted octanol–water partition coefficient (Wildman–Crippen LogP) is 2.86. The van der Waals surface area contributed by atoms with Gasteiger partial charge in [0.1, 0.15) is 5.84 Å². The van der Waals surface area contributed by atoms with Gasteiger partial charge in [0.2, 0.25) is 5.91 Å². The van der Waals surface area contributed by atoms with E-state index in [9.17, 15) is 9.59 Å². The fraction of sp³-hybridized carbons (Fsp3) is 0.450. The number of nitrogens with two attached hydrogens (primary N) is 1. The van der Waals surface area contributed by atoms with Crippen molar-refractivity contribution in [2.75, 3.05) is 13.6 Å². The quantitative estimate of drug-likeness (QED) is 0.472. The zero-order valence-electron chi connectivity index (χ0n) is 16.6. The maximum Gasteiger partial charge on any atom is 0.257 e. The molecule has 2 rings (SSSR count). The molecule has 0 unspecified atom stereocenters. The van der Waals surface area contributed by atoms with Gasteiger partial charge in [0.15, 0.2) is 0 Å². The fourth-order valence-electron chi connectivity index (χ4n) is 2.73. The SMILES string of the molecule is C/C=C(\C)C(=O)N1CCc2c(C(=O)NC(/C=C(\N)C(C)C)=NC)csc2C1. The Morgan fingerprint density at radius 2 is 2.11 bits per heavy atom. The normalized spacial score (nSPS) is 15.8. The first kappa shape index (κ1) is 20.9. The molecule has 0 aliphatic carbocycles. The first-order valence-electron chi connectivity index (χ1n) is 9.05. The lowest BCUT2D eigenvalue weighted by molar-refractivity contribution is -0.127. The molecule has 0 atom stereocenters. The Bertz CT molecular complexity index is 818. The molecule has 0 saturated carbocycles. The zero-order chi connectivity index (χ0) is 20.1. The number of hydrogen-bond donors (Lipinski definition) is 2. The largest absolute Gasteiger partial charge is 0.402 e. The van der Waals surface area contributed by atoms with Crippen LogP contribution in [0.25, 0.3) is 0 Å². The number of hydrogen-bond acceptors (Lipinski definition) is 5. The van der Waals surface area contributed by atoms with E-state index in [0.29, 0.717) is 36.6 Å². The monoisotopic (exact) mass is 388 g/mol. The van der Waals surface area contributed by atoms with Crippen LogP contribution in [0.3, 0.4) is 0 Å². The Hall–Kier alpha value is -2.41. The Kier molecular flexibility index (Phi) is 6.96. The van der Waals surface area contributed by atoms with Crippen molar-refractivity contribution in [3.63, 3.8) is 0 Å². The lowest BCUT2D eigenvalue weighted by Gasteiger charge is -2.27. The van der Waals surface area contributed by atoms with Gasteiger partial charge in [-0.25, -0.2) is 0 Å². The van der Waals surface area contributed by atoms with E-state index in [4.69, 9.17) is 5.73 Å². The summed E-state index contributed by atoms with van der Waals surface area (Å²) in [4.78, 5) is 32.1. The highest BCUT2D eigenvalue weighted by Crippen LogP contribution is 2.29. The number of thiophene rings is 1. The van der Waals surface area contributed by atoms with E-state index < -0.39 is 0 Å². The third-order valence-corrected chi connectivity index (χ3v) is 5.72. The molecule has 0 spiro atoms. The van der Waals surface area contributed by atoms with Crippen LogP contribution in [0.2, 0.25) is 0 Å². The predicted molar refractivity (Wildman–Crippen MR) is 111 cm³/mol. The first-order valence-corrected chi connectivity index (χ1v) is 9.93. The smallest absolute Gasteiger partial charge is 0.257 e. The summed E-state index contributed by atoms with van der Waals surface area (Å²) in [5, 5.41) is 4.70. The average Bonchev–Trinajstić information content (AvgIpc) is 3.09. The minimum Gasteiger partial charge on any atom is -0.402 e. The van der Waals surface area contributed by atoms with Crippen LogP contribution in [0.5, 0.6) is 0 Å². The second-order valence-corrected chi connectivity index (χ2v) is 7.83. The van der Waals surface area contributed by atoms with Crippen molar-refractivity contribution in [2.45, 2.75) is 40.7 Å². The third-order valence-electron chi connectivity index (χ3n) is 4.70. The van der Waals surface area contributed by atoms with Crippen LogP contribution in [0.1, 0.15) is 48.5 Å². The van der Waals surface area contributed by atoms with Crippen LogP contribution >= 0.6 is 11.3 Å². The second-order valence-electron chi connectivity index (χ2n) is 6.86. The molecule has 3 N–H and O–H groups in total. The fourth-order valence-corrected chi connectivity index (χ4v) is 3.82. The van der Waals surface area contributed by atoms with Gasteiger partial charge in [0.05, 0.1) is 12.1 Å². The molecule has 1 aromatic heterocycles. The number of rotatable bonds is 4. The van der Waals surface area contributed by atoms with Crippen molar-refractivity contribution < 1.29 is 9.59 Å². The van der Waals surface area contributed by atoms with Crippen LogP contribution in [-0.2, 0) is 17.8 Å². The molecular weight excluding hydrogens is 360 g/mol. The molecule has 0 bridgehead atoms. The lowest BCUT2D eigenvalue weighted by atomic mass is 10.0. The molecule has 0 aromatic carbocycles. The van der Waals surface area contributed by atoms with E-state index in [2.05, 4.69) is 10.3 Å². The van der Waals surface area contributed by atoms with Crippen LogP contribution in [0.15, 0.2) is 33.8 Å². The van der Waals surface area contributed by atoms with E-state index >= 15 is 0 Å². The van der Waals surface area contributed by atoms with Gasteiger partial charge < -0.3 is 16.0 Å². The molecule has 1 aliphatic heterocycles. The minimum absolute atomic E-state index is 0.0530. The second kappa shape index (κ2) is 8.99. The van der Waals surface area contributed by atoms with Gasteiger partial charge in [-0.2, -0.15) is 0 Å². The van der Waals surface area contributed by atoms with Crippen LogP contribution in [0, 0.1) is 5.92 Å². The van der Waals surface area contributed by atoms with Crippen molar-refractivity contribution in [1.82, 2.24) is 10.2 Å². The summed E-state index contributed by atoms with van der Waals surface area (Å²) in [6.45, 7) is 8.82. The van der Waals surface area contributed by atoms with Gasteiger partial charge in [0.25, 0.3) is 5.91 Å². The Morgan fingerprint density at radius 3 is 2.70 bits per heavy atom. The van der Waals surface area contributed by atoms with E-state index in [1.165, 1.54) is 11.3 Å². The van der Waals surface area contributed by atoms with Crippen LogP contribution < -0.4 is 11.1 Å². The number of amides is 2. The maximum absolute atomic E-state index is 12.7. The summed E-state index contributed by atoms with van der Waals surface area (Å²) >= 11 is 1.52. The number of nitrogens with zero attached hydrogens (tertiary/aromatic N) is 2. The highest BCUT2D eigenvalue weighted by molar-refractivity contribution is 7.10. The van der Waals surface area contributed by atoms with Crippen LogP contribution in [-0.4, -0.2) is 36.1 Å². The third kappa shape index (κ3) is 4.86. The Morgan fingerprint density at radius 1 is 1.41 bits per heavy atom. The van der Waals surface area contributed by atoms with E-state index in [1.807, 2.05) is 44.1 Å². The molecule has 146 valence electrons. The van der Waals surface area contributed by atoms with Gasteiger partial charge >= 0.3 is 0 Å². The van der Waals surface area contributed by atoms with E-state index in [0.717, 1.165) is 16.0 Å². The highest BCUT2D eigenvalue weighted by atomic mass is 32.1. The molecule has 6 nitrogen and oxygen atoms in total. The summed E-state index contributed by atoms with van der Waals surface area (Å²) in [5.74, 6) is 0.488.